The number of para-hydroxylation sites is 1. The SMILES string of the molecule is CC(CNC(=O)CCCN)N1CCc2ccccc21. The zero-order valence-electron chi connectivity index (χ0n) is 11.6. The van der Waals surface area contributed by atoms with Crippen LogP contribution in [0.25, 0.3) is 0 Å². The van der Waals surface area contributed by atoms with Gasteiger partial charge in [0, 0.05) is 31.2 Å². The number of nitrogens with zero attached hydrogens (tertiary/aromatic N) is 1. The number of benzene rings is 1. The van der Waals surface area contributed by atoms with Crippen molar-refractivity contribution in [2.24, 2.45) is 5.73 Å². The van der Waals surface area contributed by atoms with E-state index in [0.29, 0.717) is 25.6 Å². The van der Waals surface area contributed by atoms with Crippen LogP contribution in [0.15, 0.2) is 24.3 Å². The Morgan fingerprint density at radius 1 is 1.47 bits per heavy atom. The Labute approximate surface area is 115 Å². The van der Waals surface area contributed by atoms with Crippen LogP contribution in [0, 0.1) is 0 Å². The summed E-state index contributed by atoms with van der Waals surface area (Å²) in [5.74, 6) is 0.102. The monoisotopic (exact) mass is 261 g/mol. The molecule has 0 saturated carbocycles. The number of hydrogen-bond donors (Lipinski definition) is 2. The predicted molar refractivity (Wildman–Crippen MR) is 78.3 cm³/mol. The second-order valence-corrected chi connectivity index (χ2v) is 5.12. The normalized spacial score (nSPS) is 15.2. The number of nitrogens with one attached hydrogen (secondary N) is 1. The molecule has 3 N–H and O–H groups in total. The van der Waals surface area contributed by atoms with Crippen molar-refractivity contribution in [2.75, 3.05) is 24.5 Å². The molecular weight excluding hydrogens is 238 g/mol. The largest absolute Gasteiger partial charge is 0.366 e. The lowest BCUT2D eigenvalue weighted by atomic mass is 10.2. The minimum Gasteiger partial charge on any atom is -0.366 e. The Morgan fingerprint density at radius 2 is 2.26 bits per heavy atom. The van der Waals surface area contributed by atoms with Gasteiger partial charge in [0.2, 0.25) is 5.91 Å². The Morgan fingerprint density at radius 3 is 3.05 bits per heavy atom. The van der Waals surface area contributed by atoms with E-state index in [9.17, 15) is 4.79 Å². The van der Waals surface area contributed by atoms with Gasteiger partial charge in [0.25, 0.3) is 0 Å². The number of anilines is 1. The van der Waals surface area contributed by atoms with Crippen LogP contribution in [-0.2, 0) is 11.2 Å². The Kier molecular flexibility index (Phi) is 4.80. The number of hydrogen-bond acceptors (Lipinski definition) is 3. The summed E-state index contributed by atoms with van der Waals surface area (Å²) in [5.41, 5.74) is 8.11. The average molecular weight is 261 g/mol. The van der Waals surface area contributed by atoms with Crippen molar-refractivity contribution < 1.29 is 4.79 Å². The second-order valence-electron chi connectivity index (χ2n) is 5.12. The van der Waals surface area contributed by atoms with Gasteiger partial charge in [-0.05, 0) is 37.9 Å². The maximum absolute atomic E-state index is 11.6. The molecule has 4 heteroatoms. The second kappa shape index (κ2) is 6.57. The molecule has 1 heterocycles. The van der Waals surface area contributed by atoms with E-state index in [2.05, 4.69) is 41.4 Å². The molecule has 2 rings (SSSR count). The van der Waals surface area contributed by atoms with E-state index in [4.69, 9.17) is 5.73 Å². The molecule has 1 aromatic carbocycles. The molecular formula is C15H23N3O. The smallest absolute Gasteiger partial charge is 0.220 e. The zero-order valence-corrected chi connectivity index (χ0v) is 11.6. The molecule has 1 amide bonds. The van der Waals surface area contributed by atoms with E-state index in [-0.39, 0.29) is 5.91 Å². The first-order valence-electron chi connectivity index (χ1n) is 7.03. The van der Waals surface area contributed by atoms with Crippen LogP contribution in [-0.4, -0.2) is 31.6 Å². The lowest BCUT2D eigenvalue weighted by Crippen LogP contribution is -2.41. The van der Waals surface area contributed by atoms with Crippen LogP contribution >= 0.6 is 0 Å². The minimum atomic E-state index is 0.102. The molecule has 1 unspecified atom stereocenters. The predicted octanol–water partition coefficient (Wildman–Crippen LogP) is 1.29. The zero-order chi connectivity index (χ0) is 13.7. The summed E-state index contributed by atoms with van der Waals surface area (Å²) >= 11 is 0. The molecule has 0 aliphatic carbocycles. The van der Waals surface area contributed by atoms with E-state index < -0.39 is 0 Å². The summed E-state index contributed by atoms with van der Waals surface area (Å²) in [6.07, 6.45) is 2.38. The molecule has 19 heavy (non-hydrogen) atoms. The molecule has 0 bridgehead atoms. The Hall–Kier alpha value is -1.55. The summed E-state index contributed by atoms with van der Waals surface area (Å²) in [5, 5.41) is 2.99. The van der Waals surface area contributed by atoms with Gasteiger partial charge in [0.1, 0.15) is 0 Å². The van der Waals surface area contributed by atoms with E-state index in [0.717, 1.165) is 19.4 Å². The van der Waals surface area contributed by atoms with Crippen molar-refractivity contribution in [1.82, 2.24) is 5.32 Å². The quantitative estimate of drug-likeness (QED) is 0.811. The van der Waals surface area contributed by atoms with E-state index in [1.807, 2.05) is 0 Å². The molecule has 0 fully saturated rings. The van der Waals surface area contributed by atoms with Gasteiger partial charge in [0.15, 0.2) is 0 Å². The summed E-state index contributed by atoms with van der Waals surface area (Å²) in [6.45, 7) is 4.46. The molecule has 1 aromatic rings. The lowest BCUT2D eigenvalue weighted by molar-refractivity contribution is -0.121. The van der Waals surface area contributed by atoms with Crippen LogP contribution < -0.4 is 16.0 Å². The highest BCUT2D eigenvalue weighted by Crippen LogP contribution is 2.28. The number of amides is 1. The first-order chi connectivity index (χ1) is 9.22. The van der Waals surface area contributed by atoms with E-state index >= 15 is 0 Å². The summed E-state index contributed by atoms with van der Waals surface area (Å²) in [6, 6.07) is 8.83. The molecule has 0 aromatic heterocycles. The van der Waals surface area contributed by atoms with Crippen LogP contribution in [0.3, 0.4) is 0 Å². The number of carbonyl (C=O) groups excluding carboxylic acids is 1. The highest BCUT2D eigenvalue weighted by molar-refractivity contribution is 5.76. The van der Waals surface area contributed by atoms with Gasteiger partial charge in [-0.15, -0.1) is 0 Å². The van der Waals surface area contributed by atoms with Gasteiger partial charge in [-0.1, -0.05) is 18.2 Å². The highest BCUT2D eigenvalue weighted by atomic mass is 16.1. The highest BCUT2D eigenvalue weighted by Gasteiger charge is 2.22. The summed E-state index contributed by atoms with van der Waals surface area (Å²) in [7, 11) is 0. The molecule has 4 nitrogen and oxygen atoms in total. The average Bonchev–Trinajstić information content (AvgIpc) is 2.86. The third kappa shape index (κ3) is 3.47. The molecule has 1 aliphatic rings. The number of carbonyl (C=O) groups is 1. The first kappa shape index (κ1) is 13.9. The molecule has 0 saturated heterocycles. The Balaban J connectivity index is 1.85. The third-order valence-electron chi connectivity index (χ3n) is 3.66. The van der Waals surface area contributed by atoms with Crippen molar-refractivity contribution >= 4 is 11.6 Å². The van der Waals surface area contributed by atoms with Crippen LogP contribution in [0.5, 0.6) is 0 Å². The van der Waals surface area contributed by atoms with E-state index in [1.165, 1.54) is 11.3 Å². The fourth-order valence-corrected chi connectivity index (χ4v) is 2.54. The van der Waals surface area contributed by atoms with Gasteiger partial charge in [-0.3, -0.25) is 4.79 Å². The fourth-order valence-electron chi connectivity index (χ4n) is 2.54. The van der Waals surface area contributed by atoms with Crippen molar-refractivity contribution in [3.05, 3.63) is 29.8 Å². The topological polar surface area (TPSA) is 58.4 Å². The molecule has 0 spiro atoms. The lowest BCUT2D eigenvalue weighted by Gasteiger charge is -2.27. The van der Waals surface area contributed by atoms with Crippen LogP contribution in [0.1, 0.15) is 25.3 Å². The van der Waals surface area contributed by atoms with Crippen molar-refractivity contribution in [1.29, 1.82) is 0 Å². The maximum Gasteiger partial charge on any atom is 0.220 e. The molecule has 104 valence electrons. The van der Waals surface area contributed by atoms with E-state index in [1.54, 1.807) is 0 Å². The Bertz CT molecular complexity index is 433. The van der Waals surface area contributed by atoms with Gasteiger partial charge >= 0.3 is 0 Å². The van der Waals surface area contributed by atoms with Crippen molar-refractivity contribution in [3.63, 3.8) is 0 Å². The van der Waals surface area contributed by atoms with Crippen molar-refractivity contribution in [2.45, 2.75) is 32.2 Å². The maximum atomic E-state index is 11.6. The number of rotatable bonds is 6. The van der Waals surface area contributed by atoms with Crippen LogP contribution in [0.4, 0.5) is 5.69 Å². The summed E-state index contributed by atoms with van der Waals surface area (Å²) < 4.78 is 0. The molecule has 1 aliphatic heterocycles. The van der Waals surface area contributed by atoms with Crippen LogP contribution in [0.2, 0.25) is 0 Å². The number of nitrogens with two attached hydrogens (primary N) is 1. The van der Waals surface area contributed by atoms with Gasteiger partial charge in [0.05, 0.1) is 0 Å². The van der Waals surface area contributed by atoms with Gasteiger partial charge in [-0.2, -0.15) is 0 Å². The third-order valence-corrected chi connectivity index (χ3v) is 3.66. The molecule has 1 atom stereocenters. The number of fused-ring (bicyclic) bond motifs is 1. The van der Waals surface area contributed by atoms with Gasteiger partial charge in [-0.25, -0.2) is 0 Å². The minimum absolute atomic E-state index is 0.102. The van der Waals surface area contributed by atoms with Gasteiger partial charge < -0.3 is 16.0 Å². The summed E-state index contributed by atoms with van der Waals surface area (Å²) in [4.78, 5) is 14.0. The standard InChI is InChI=1S/C15H23N3O/c1-12(11-17-15(19)7-4-9-16)18-10-8-13-5-2-3-6-14(13)18/h2-3,5-6,12H,4,7-11,16H2,1H3,(H,17,19). The molecule has 0 radical (unpaired) electrons. The van der Waals surface area contributed by atoms with Crippen molar-refractivity contribution in [3.8, 4) is 0 Å². The first-order valence-corrected chi connectivity index (χ1v) is 7.03. The fraction of sp³-hybridized carbons (Fsp3) is 0.533.